The average molecular weight is 296 g/mol. The lowest BCUT2D eigenvalue weighted by molar-refractivity contribution is -0.131. The lowest BCUT2D eigenvalue weighted by Crippen LogP contribution is -2.28. The smallest absolute Gasteiger partial charge is 0.478 e. The molecule has 1 N–H and O–H groups in total. The van der Waals surface area contributed by atoms with Crippen LogP contribution in [0.4, 0.5) is 13.2 Å². The van der Waals surface area contributed by atoms with Gasteiger partial charge in [-0.25, -0.2) is 4.79 Å². The number of rotatable bonds is 4. The molecule has 9 heteroatoms. The first-order valence-corrected chi connectivity index (χ1v) is 6.04. The summed E-state index contributed by atoms with van der Waals surface area (Å²) < 4.78 is 61.3. The third-order valence-electron chi connectivity index (χ3n) is 1.79. The molecule has 0 saturated heterocycles. The van der Waals surface area contributed by atoms with Crippen LogP contribution >= 0.6 is 0 Å². The zero-order valence-corrected chi connectivity index (χ0v) is 9.90. The maximum Gasteiger partial charge on any atom is 0.534 e. The van der Waals surface area contributed by atoms with Gasteiger partial charge < -0.3 is 9.29 Å². The Morgan fingerprint density at radius 1 is 1.21 bits per heavy atom. The molecule has 0 aliphatic carbocycles. The summed E-state index contributed by atoms with van der Waals surface area (Å²) in [4.78, 5) is 10.2. The van der Waals surface area contributed by atoms with Crippen molar-refractivity contribution in [3.8, 4) is 5.75 Å². The molecule has 0 saturated carbocycles. The van der Waals surface area contributed by atoms with Gasteiger partial charge in [-0.3, -0.25) is 0 Å². The van der Waals surface area contributed by atoms with Gasteiger partial charge in [-0.1, -0.05) is 12.1 Å². The van der Waals surface area contributed by atoms with Crippen molar-refractivity contribution in [1.82, 2.24) is 0 Å². The van der Waals surface area contributed by atoms with Crippen LogP contribution in [0.2, 0.25) is 0 Å². The zero-order chi connectivity index (χ0) is 14.7. The Morgan fingerprint density at radius 3 is 2.16 bits per heavy atom. The number of halogens is 3. The first kappa shape index (κ1) is 15.0. The summed E-state index contributed by atoms with van der Waals surface area (Å²) in [7, 11) is -5.70. The Morgan fingerprint density at radius 2 is 1.74 bits per heavy atom. The summed E-state index contributed by atoms with van der Waals surface area (Å²) in [6, 6.07) is 4.37. The number of carboxylic acid groups (broad SMARTS) is 1. The number of alkyl halides is 3. The SMILES string of the molecule is O=C(O)C=Cc1ccc(OS(=O)(=O)C(F)(F)F)cc1. The molecule has 104 valence electrons. The van der Waals surface area contributed by atoms with E-state index in [0.29, 0.717) is 5.56 Å². The molecule has 0 aliphatic heterocycles. The maximum absolute atomic E-state index is 12.0. The van der Waals surface area contributed by atoms with E-state index in [9.17, 15) is 26.4 Å². The van der Waals surface area contributed by atoms with Gasteiger partial charge in [-0.05, 0) is 23.8 Å². The molecule has 5 nitrogen and oxygen atoms in total. The molecule has 0 aromatic heterocycles. The van der Waals surface area contributed by atoms with Crippen molar-refractivity contribution in [2.45, 2.75) is 5.51 Å². The highest BCUT2D eigenvalue weighted by Crippen LogP contribution is 2.27. The van der Waals surface area contributed by atoms with E-state index in [1.165, 1.54) is 18.2 Å². The van der Waals surface area contributed by atoms with Crippen LogP contribution < -0.4 is 4.18 Å². The minimum atomic E-state index is -5.70. The number of carboxylic acids is 1. The highest BCUT2D eigenvalue weighted by molar-refractivity contribution is 7.87. The molecule has 0 bridgehead atoms. The number of aliphatic carboxylic acids is 1. The molecule has 1 aromatic rings. The van der Waals surface area contributed by atoms with Crippen molar-refractivity contribution in [1.29, 1.82) is 0 Å². The average Bonchev–Trinajstić information content (AvgIpc) is 2.26. The second kappa shape index (κ2) is 5.31. The summed E-state index contributed by atoms with van der Waals surface area (Å²) in [5, 5.41) is 8.36. The summed E-state index contributed by atoms with van der Waals surface area (Å²) in [6.45, 7) is 0. The predicted molar refractivity (Wildman–Crippen MR) is 58.7 cm³/mol. The molecule has 0 unspecified atom stereocenters. The number of carbonyl (C=O) groups is 1. The fourth-order valence-corrected chi connectivity index (χ4v) is 1.43. The van der Waals surface area contributed by atoms with Crippen molar-refractivity contribution in [2.24, 2.45) is 0 Å². The Hall–Kier alpha value is -2.03. The minimum absolute atomic E-state index is 0.360. The summed E-state index contributed by atoms with van der Waals surface area (Å²) in [5.41, 5.74) is -5.14. The molecule has 0 aliphatic rings. The Labute approximate surface area is 106 Å². The molecule has 1 aromatic carbocycles. The molecular formula is C10H7F3O5S. The van der Waals surface area contributed by atoms with Crippen LogP contribution in [0, 0.1) is 0 Å². The quantitative estimate of drug-likeness (QED) is 0.522. The van der Waals surface area contributed by atoms with E-state index in [0.717, 1.165) is 18.2 Å². The highest BCUT2D eigenvalue weighted by Gasteiger charge is 2.48. The van der Waals surface area contributed by atoms with E-state index in [2.05, 4.69) is 4.18 Å². The van der Waals surface area contributed by atoms with Gasteiger partial charge in [-0.15, -0.1) is 0 Å². The van der Waals surface area contributed by atoms with Gasteiger partial charge in [0, 0.05) is 6.08 Å². The summed E-state index contributed by atoms with van der Waals surface area (Å²) >= 11 is 0. The van der Waals surface area contributed by atoms with Crippen LogP contribution in [0.1, 0.15) is 5.56 Å². The fraction of sp³-hybridized carbons (Fsp3) is 0.100. The van der Waals surface area contributed by atoms with Gasteiger partial charge in [0.05, 0.1) is 0 Å². The Bertz CT molecular complexity index is 587. The second-order valence-corrected chi connectivity index (χ2v) is 4.76. The number of benzene rings is 1. The standard InChI is InChI=1S/C10H7F3O5S/c11-10(12,13)19(16,17)18-8-4-1-7(2-5-8)3-6-9(14)15/h1-6H,(H,14,15). The second-order valence-electron chi connectivity index (χ2n) is 3.22. The van der Waals surface area contributed by atoms with Crippen molar-refractivity contribution in [2.75, 3.05) is 0 Å². The number of hydrogen-bond acceptors (Lipinski definition) is 4. The van der Waals surface area contributed by atoms with Crippen LogP contribution in [0.3, 0.4) is 0 Å². The van der Waals surface area contributed by atoms with E-state index >= 15 is 0 Å². The first-order valence-electron chi connectivity index (χ1n) is 4.63. The molecule has 1 rings (SSSR count). The largest absolute Gasteiger partial charge is 0.534 e. The van der Waals surface area contributed by atoms with Gasteiger partial charge in [0.25, 0.3) is 0 Å². The number of hydrogen-bond donors (Lipinski definition) is 1. The van der Waals surface area contributed by atoms with Crippen molar-refractivity contribution < 1.29 is 35.7 Å². The van der Waals surface area contributed by atoms with E-state index in [4.69, 9.17) is 5.11 Å². The summed E-state index contributed by atoms with van der Waals surface area (Å²) in [6.07, 6.45) is 2.01. The van der Waals surface area contributed by atoms with Gasteiger partial charge in [-0.2, -0.15) is 21.6 Å². The van der Waals surface area contributed by atoms with Crippen molar-refractivity contribution in [3.63, 3.8) is 0 Å². The van der Waals surface area contributed by atoms with E-state index < -0.39 is 27.3 Å². The zero-order valence-electron chi connectivity index (χ0n) is 9.09. The molecule has 0 radical (unpaired) electrons. The molecular weight excluding hydrogens is 289 g/mol. The van der Waals surface area contributed by atoms with Crippen LogP contribution in [0.5, 0.6) is 5.75 Å². The van der Waals surface area contributed by atoms with Gasteiger partial charge in [0.1, 0.15) is 5.75 Å². The fourth-order valence-electron chi connectivity index (χ4n) is 0.976. The Kier molecular flexibility index (Phi) is 4.20. The molecule has 0 atom stereocenters. The van der Waals surface area contributed by atoms with E-state index in [-0.39, 0.29) is 0 Å². The van der Waals surface area contributed by atoms with Gasteiger partial charge in [0.2, 0.25) is 0 Å². The summed E-state index contributed by atoms with van der Waals surface area (Å²) in [5.74, 6) is -1.72. The van der Waals surface area contributed by atoms with Crippen LogP contribution in [-0.4, -0.2) is 25.0 Å². The maximum atomic E-state index is 12.0. The molecule has 19 heavy (non-hydrogen) atoms. The molecule has 0 amide bonds. The first-order chi connectivity index (χ1) is 8.62. The predicted octanol–water partition coefficient (Wildman–Crippen LogP) is 2.01. The third kappa shape index (κ3) is 4.28. The van der Waals surface area contributed by atoms with Crippen molar-refractivity contribution in [3.05, 3.63) is 35.9 Å². The molecule has 0 fully saturated rings. The lowest BCUT2D eigenvalue weighted by atomic mass is 10.2. The van der Waals surface area contributed by atoms with Gasteiger partial charge >= 0.3 is 21.6 Å². The topological polar surface area (TPSA) is 80.7 Å². The highest BCUT2D eigenvalue weighted by atomic mass is 32.2. The van der Waals surface area contributed by atoms with Crippen LogP contribution in [0.25, 0.3) is 6.08 Å². The molecule has 0 heterocycles. The van der Waals surface area contributed by atoms with Crippen LogP contribution in [0.15, 0.2) is 30.3 Å². The normalized spacial score (nSPS) is 12.6. The van der Waals surface area contributed by atoms with Crippen molar-refractivity contribution >= 4 is 22.2 Å². The minimum Gasteiger partial charge on any atom is -0.478 e. The van der Waals surface area contributed by atoms with Gasteiger partial charge in [0.15, 0.2) is 0 Å². The monoisotopic (exact) mass is 296 g/mol. The Balaban J connectivity index is 2.87. The van der Waals surface area contributed by atoms with E-state index in [1.54, 1.807) is 0 Å². The lowest BCUT2D eigenvalue weighted by Gasteiger charge is -2.09. The van der Waals surface area contributed by atoms with E-state index in [1.807, 2.05) is 0 Å². The molecule has 0 spiro atoms. The van der Waals surface area contributed by atoms with Crippen LogP contribution in [-0.2, 0) is 14.9 Å². The third-order valence-corrected chi connectivity index (χ3v) is 2.77.